The summed E-state index contributed by atoms with van der Waals surface area (Å²) >= 11 is 1.01. The minimum Gasteiger partial charge on any atom is -0.502 e. The van der Waals surface area contributed by atoms with Crippen molar-refractivity contribution in [1.82, 2.24) is 4.57 Å². The van der Waals surface area contributed by atoms with E-state index in [2.05, 4.69) is 10.3 Å². The lowest BCUT2D eigenvalue weighted by Crippen LogP contribution is -2.40. The Hall–Kier alpha value is -4.90. The van der Waals surface area contributed by atoms with Crippen molar-refractivity contribution in [3.8, 4) is 5.75 Å². The molecule has 0 spiro atoms. The third-order valence-corrected chi connectivity index (χ3v) is 7.00. The second-order valence-electron chi connectivity index (χ2n) is 8.43. The zero-order valence-corrected chi connectivity index (χ0v) is 20.6. The van der Waals surface area contributed by atoms with Gasteiger partial charge >= 0.3 is 5.69 Å². The molecular weight excluding hydrogens is 511 g/mol. The van der Waals surface area contributed by atoms with Gasteiger partial charge in [0.25, 0.3) is 11.5 Å². The van der Waals surface area contributed by atoms with Gasteiger partial charge in [-0.15, -0.1) is 0 Å². The predicted octanol–water partition coefficient (Wildman–Crippen LogP) is 3.63. The van der Waals surface area contributed by atoms with Crippen LogP contribution in [0, 0.1) is 15.9 Å². The van der Waals surface area contributed by atoms with Gasteiger partial charge in [0.05, 0.1) is 26.8 Å². The Kier molecular flexibility index (Phi) is 6.43. The summed E-state index contributed by atoms with van der Waals surface area (Å²) < 4.78 is 15.3. The van der Waals surface area contributed by atoms with Crippen LogP contribution >= 0.6 is 11.3 Å². The van der Waals surface area contributed by atoms with Crippen molar-refractivity contribution >= 4 is 34.7 Å². The number of nitro groups is 1. The molecule has 5 rings (SSSR count). The van der Waals surface area contributed by atoms with Gasteiger partial charge < -0.3 is 10.4 Å². The Balaban J connectivity index is 1.69. The summed E-state index contributed by atoms with van der Waals surface area (Å²) in [7, 11) is 0. The number of carbonyl (C=O) groups is 1. The molecule has 0 saturated carbocycles. The Bertz CT molecular complexity index is 1790. The first-order chi connectivity index (χ1) is 18.2. The van der Waals surface area contributed by atoms with Gasteiger partial charge in [0.1, 0.15) is 5.82 Å². The third kappa shape index (κ3) is 4.50. The summed E-state index contributed by atoms with van der Waals surface area (Å²) in [4.78, 5) is 42.4. The fourth-order valence-electron chi connectivity index (χ4n) is 4.25. The van der Waals surface area contributed by atoms with Crippen LogP contribution in [0.1, 0.15) is 24.1 Å². The second-order valence-corrected chi connectivity index (χ2v) is 9.43. The number of phenolic OH excluding ortho intramolecular Hbond substituents is 1. The number of halogens is 1. The molecule has 1 aliphatic heterocycles. The number of aromatic hydroxyl groups is 1. The van der Waals surface area contributed by atoms with E-state index in [1.165, 1.54) is 47.0 Å². The summed E-state index contributed by atoms with van der Waals surface area (Å²) in [6.45, 7) is 1.65. The van der Waals surface area contributed by atoms with E-state index < -0.39 is 39.7 Å². The molecule has 3 aromatic carbocycles. The number of benzene rings is 3. The van der Waals surface area contributed by atoms with E-state index in [9.17, 15) is 29.2 Å². The van der Waals surface area contributed by atoms with Crippen molar-refractivity contribution in [2.75, 3.05) is 5.32 Å². The van der Waals surface area contributed by atoms with Crippen molar-refractivity contribution in [2.24, 2.45) is 4.99 Å². The number of fused-ring (bicyclic) bond motifs is 1. The van der Waals surface area contributed by atoms with Gasteiger partial charge in [-0.2, -0.15) is 0 Å². The predicted molar refractivity (Wildman–Crippen MR) is 140 cm³/mol. The minimum absolute atomic E-state index is 0.0838. The average molecular weight is 531 g/mol. The zero-order valence-electron chi connectivity index (χ0n) is 19.8. The van der Waals surface area contributed by atoms with E-state index in [4.69, 9.17) is 0 Å². The summed E-state index contributed by atoms with van der Waals surface area (Å²) in [6.07, 6.45) is 1.34. The fourth-order valence-corrected chi connectivity index (χ4v) is 5.28. The number of hydrogen-bond donors (Lipinski definition) is 2. The number of hydrogen-bond acceptors (Lipinski definition) is 7. The highest BCUT2D eigenvalue weighted by atomic mass is 32.1. The molecule has 9 nitrogen and oxygen atoms in total. The van der Waals surface area contributed by atoms with E-state index >= 15 is 0 Å². The number of carbonyl (C=O) groups excluding carboxylic acids is 1. The normalized spacial score (nSPS) is 15.1. The molecule has 1 amide bonds. The molecule has 11 heteroatoms. The van der Waals surface area contributed by atoms with Gasteiger partial charge in [-0.1, -0.05) is 53.8 Å². The molecular formula is C27H19FN4O5S. The number of nitro benzene ring substituents is 1. The van der Waals surface area contributed by atoms with Gasteiger partial charge in [-0.25, -0.2) is 9.38 Å². The standard InChI is InChI=1S/C27H19FN4O5S/c1-15-22(25(34)30-19-7-3-2-4-8-19)23(16-10-12-18(28)13-11-16)31-26(35)21(38-27(31)29-15)14-17-6-5-9-20(24(17)33)32(36)37/h2-14,23,33H,1H3,(H,30,34)/b21-14+/t23-/m1/s1. The Morgan fingerprint density at radius 3 is 2.53 bits per heavy atom. The van der Waals surface area contributed by atoms with Gasteiger partial charge in [-0.3, -0.25) is 24.3 Å². The highest BCUT2D eigenvalue weighted by Gasteiger charge is 2.32. The molecule has 1 atom stereocenters. The number of para-hydroxylation sites is 2. The van der Waals surface area contributed by atoms with E-state index in [1.54, 1.807) is 31.2 Å². The number of anilines is 1. The number of aromatic nitrogens is 1. The van der Waals surface area contributed by atoms with Gasteiger partial charge in [0.15, 0.2) is 4.80 Å². The van der Waals surface area contributed by atoms with Crippen LogP contribution in [0.5, 0.6) is 5.75 Å². The van der Waals surface area contributed by atoms with Crippen molar-refractivity contribution in [2.45, 2.75) is 13.0 Å². The number of nitrogens with one attached hydrogen (secondary N) is 1. The molecule has 0 bridgehead atoms. The summed E-state index contributed by atoms with van der Waals surface area (Å²) in [6, 6.07) is 17.4. The van der Waals surface area contributed by atoms with Crippen LogP contribution in [-0.4, -0.2) is 20.5 Å². The van der Waals surface area contributed by atoms with Gasteiger partial charge in [-0.05, 0) is 42.8 Å². The highest BCUT2D eigenvalue weighted by Crippen LogP contribution is 2.32. The van der Waals surface area contributed by atoms with Crippen molar-refractivity contribution in [3.63, 3.8) is 0 Å². The number of phenols is 1. The van der Waals surface area contributed by atoms with Crippen molar-refractivity contribution in [1.29, 1.82) is 0 Å². The second kappa shape index (κ2) is 9.87. The lowest BCUT2D eigenvalue weighted by atomic mass is 9.95. The molecule has 38 heavy (non-hydrogen) atoms. The lowest BCUT2D eigenvalue weighted by molar-refractivity contribution is -0.385. The summed E-state index contributed by atoms with van der Waals surface area (Å²) in [5.41, 5.74) is 0.689. The molecule has 0 fully saturated rings. The SMILES string of the molecule is CC1=C(C(=O)Nc2ccccc2)[C@@H](c2ccc(F)cc2)n2c(s/c(=C/c3cccc([N+](=O)[O-])c3O)c2=O)=N1. The molecule has 1 aromatic heterocycles. The van der Waals surface area contributed by atoms with Crippen LogP contribution < -0.4 is 20.2 Å². The van der Waals surface area contributed by atoms with Crippen LogP contribution in [0.25, 0.3) is 6.08 Å². The minimum atomic E-state index is -0.920. The quantitative estimate of drug-likeness (QED) is 0.301. The Morgan fingerprint density at radius 2 is 1.84 bits per heavy atom. The molecule has 190 valence electrons. The lowest BCUT2D eigenvalue weighted by Gasteiger charge is -2.25. The molecule has 0 radical (unpaired) electrons. The monoisotopic (exact) mass is 530 g/mol. The van der Waals surface area contributed by atoms with Crippen LogP contribution in [-0.2, 0) is 4.79 Å². The maximum Gasteiger partial charge on any atom is 0.311 e. The maximum absolute atomic E-state index is 13.8. The van der Waals surface area contributed by atoms with Crippen molar-refractivity contribution < 1.29 is 19.2 Å². The van der Waals surface area contributed by atoms with Gasteiger partial charge in [0.2, 0.25) is 5.75 Å². The molecule has 4 aromatic rings. The number of amides is 1. The molecule has 0 unspecified atom stereocenters. The molecule has 0 aliphatic carbocycles. The molecule has 2 N–H and O–H groups in total. The summed E-state index contributed by atoms with van der Waals surface area (Å²) in [5, 5.41) is 24.4. The number of nitrogens with zero attached hydrogens (tertiary/aromatic N) is 3. The van der Waals surface area contributed by atoms with E-state index in [-0.39, 0.29) is 20.5 Å². The van der Waals surface area contributed by atoms with Crippen LogP contribution in [0.3, 0.4) is 0 Å². The van der Waals surface area contributed by atoms with Crippen molar-refractivity contribution in [3.05, 3.63) is 131 Å². The van der Waals surface area contributed by atoms with E-state index in [0.29, 0.717) is 16.9 Å². The van der Waals surface area contributed by atoms with Crippen LogP contribution in [0.2, 0.25) is 0 Å². The maximum atomic E-state index is 13.8. The first kappa shape index (κ1) is 24.8. The van der Waals surface area contributed by atoms with Crippen LogP contribution in [0.15, 0.2) is 93.9 Å². The largest absolute Gasteiger partial charge is 0.502 e. The average Bonchev–Trinajstić information content (AvgIpc) is 3.19. The summed E-state index contributed by atoms with van der Waals surface area (Å²) in [5.74, 6) is -1.52. The highest BCUT2D eigenvalue weighted by molar-refractivity contribution is 7.07. The Labute approximate surface area is 218 Å². The topological polar surface area (TPSA) is 127 Å². The first-order valence-electron chi connectivity index (χ1n) is 11.4. The number of thiazole rings is 1. The zero-order chi connectivity index (χ0) is 27.0. The van der Waals surface area contributed by atoms with E-state index in [0.717, 1.165) is 17.4 Å². The number of allylic oxidation sites excluding steroid dienone is 1. The molecule has 2 heterocycles. The fraction of sp³-hybridized carbons (Fsp3) is 0.0741. The number of rotatable bonds is 5. The Morgan fingerprint density at radius 1 is 1.13 bits per heavy atom. The van der Waals surface area contributed by atoms with Gasteiger partial charge in [0, 0.05) is 17.3 Å². The van der Waals surface area contributed by atoms with E-state index in [1.807, 2.05) is 6.07 Å². The van der Waals surface area contributed by atoms with Crippen LogP contribution in [0.4, 0.5) is 15.8 Å². The smallest absolute Gasteiger partial charge is 0.311 e. The third-order valence-electron chi connectivity index (χ3n) is 6.01. The molecule has 1 aliphatic rings. The molecule has 0 saturated heterocycles. The first-order valence-corrected chi connectivity index (χ1v) is 12.2.